The fraction of sp³-hybridized carbons (Fsp3) is 0.429. The van der Waals surface area contributed by atoms with E-state index in [9.17, 15) is 0 Å². The zero-order valence-corrected chi connectivity index (χ0v) is 13.7. The minimum Gasteiger partial charge on any atom is -0.0862 e. The summed E-state index contributed by atoms with van der Waals surface area (Å²) < 4.78 is 0.0614. The lowest BCUT2D eigenvalue weighted by Crippen LogP contribution is -2.62. The van der Waals surface area contributed by atoms with E-state index in [-0.39, 0.29) is 3.23 Å². The Morgan fingerprint density at radius 2 is 1.53 bits per heavy atom. The lowest BCUT2D eigenvalue weighted by atomic mass is 9.51. The van der Waals surface area contributed by atoms with Gasteiger partial charge in [-0.25, -0.2) is 0 Å². The van der Waals surface area contributed by atoms with Gasteiger partial charge in [-0.05, 0) is 17.0 Å². The maximum absolute atomic E-state index is 3.86. The van der Waals surface area contributed by atoms with Crippen LogP contribution in [0.5, 0.6) is 0 Å². The molecule has 17 heavy (non-hydrogen) atoms. The van der Waals surface area contributed by atoms with Gasteiger partial charge in [0.2, 0.25) is 0 Å². The van der Waals surface area contributed by atoms with Crippen molar-refractivity contribution in [3.63, 3.8) is 0 Å². The number of allylic oxidation sites excluding steroid dienone is 2. The molecule has 5 rings (SSSR count). The molecule has 0 heterocycles. The van der Waals surface area contributed by atoms with Crippen LogP contribution in [0.1, 0.15) is 23.0 Å². The fourth-order valence-electron chi connectivity index (χ4n) is 3.86. The van der Waals surface area contributed by atoms with Crippen LogP contribution in [0.3, 0.4) is 0 Å². The molecule has 4 aliphatic rings. The van der Waals surface area contributed by atoms with E-state index >= 15 is 0 Å². The predicted octanol–water partition coefficient (Wildman–Crippen LogP) is 4.93. The molecule has 0 N–H and O–H groups in total. The van der Waals surface area contributed by atoms with Gasteiger partial charge in [-0.15, -0.1) is 0 Å². The van der Waals surface area contributed by atoms with Gasteiger partial charge in [-0.1, -0.05) is 84.2 Å². The third-order valence-corrected chi connectivity index (χ3v) is 9.21. The van der Waals surface area contributed by atoms with Gasteiger partial charge >= 0.3 is 0 Å². The Labute approximate surface area is 126 Å². The van der Waals surface area contributed by atoms with Crippen LogP contribution >= 0.6 is 47.8 Å². The maximum Gasteiger partial charge on any atom is 0.0972 e. The second kappa shape index (κ2) is 3.49. The normalized spacial score (nSPS) is 43.8. The van der Waals surface area contributed by atoms with E-state index in [1.54, 1.807) is 5.56 Å². The van der Waals surface area contributed by atoms with Crippen molar-refractivity contribution in [1.29, 1.82) is 0 Å². The second-order valence-corrected chi connectivity index (χ2v) is 9.92. The van der Waals surface area contributed by atoms with E-state index in [1.165, 1.54) is 5.56 Å². The monoisotopic (exact) mass is 416 g/mol. The summed E-state index contributed by atoms with van der Waals surface area (Å²) in [4.78, 5) is 0.505. The summed E-state index contributed by atoms with van der Waals surface area (Å²) in [5.74, 6) is 2.54. The topological polar surface area (TPSA) is 0 Å². The van der Waals surface area contributed by atoms with E-state index in [4.69, 9.17) is 0 Å². The fourth-order valence-corrected chi connectivity index (χ4v) is 6.61. The SMILES string of the molecule is Br[C@@H]1[C@@H]2[C@H]([C@H]3C=C[C@@H]2c2ccccc23)C1(Br)Br. The van der Waals surface area contributed by atoms with Crippen molar-refractivity contribution >= 4 is 47.8 Å². The third kappa shape index (κ3) is 1.24. The summed E-state index contributed by atoms with van der Waals surface area (Å²) in [6, 6.07) is 8.93. The number of halogens is 3. The molecule has 1 aromatic rings. The standard InChI is InChI=1S/C14H11Br3/c15-13-11-9-5-6-10(12(11)14(13,16)17)8-4-2-1-3-7(8)9/h1-6,9-13H/t9-,10+,11+,12+,13-/m1/s1. The maximum atomic E-state index is 3.86. The van der Waals surface area contributed by atoms with Crippen LogP contribution in [-0.2, 0) is 0 Å². The molecule has 1 fully saturated rings. The highest BCUT2D eigenvalue weighted by Gasteiger charge is 2.66. The molecule has 0 spiro atoms. The molecule has 0 saturated heterocycles. The van der Waals surface area contributed by atoms with E-state index in [1.807, 2.05) is 0 Å². The Hall–Kier alpha value is 0.400. The minimum atomic E-state index is 0.0614. The number of hydrogen-bond acceptors (Lipinski definition) is 0. The first-order chi connectivity index (χ1) is 8.12. The van der Waals surface area contributed by atoms with E-state index < -0.39 is 0 Å². The number of rotatable bonds is 0. The van der Waals surface area contributed by atoms with Gasteiger partial charge < -0.3 is 0 Å². The van der Waals surface area contributed by atoms with Crippen molar-refractivity contribution in [1.82, 2.24) is 0 Å². The molecule has 0 aromatic heterocycles. The third-order valence-electron chi connectivity index (χ3n) is 4.61. The van der Waals surface area contributed by atoms with Crippen LogP contribution in [0.15, 0.2) is 36.4 Å². The Morgan fingerprint density at radius 3 is 2.24 bits per heavy atom. The molecule has 88 valence electrons. The van der Waals surface area contributed by atoms with Crippen LogP contribution in [-0.4, -0.2) is 8.06 Å². The van der Waals surface area contributed by atoms with Gasteiger partial charge in [-0.3, -0.25) is 0 Å². The summed E-state index contributed by atoms with van der Waals surface area (Å²) in [7, 11) is 0. The smallest absolute Gasteiger partial charge is 0.0862 e. The highest BCUT2D eigenvalue weighted by Crippen LogP contribution is 2.70. The molecule has 0 unspecified atom stereocenters. The van der Waals surface area contributed by atoms with Crippen LogP contribution in [0, 0.1) is 11.8 Å². The average molecular weight is 419 g/mol. The first-order valence-electron chi connectivity index (χ1n) is 5.91. The van der Waals surface area contributed by atoms with Crippen LogP contribution in [0.25, 0.3) is 0 Å². The lowest BCUT2D eigenvalue weighted by Gasteiger charge is -2.62. The zero-order chi connectivity index (χ0) is 11.8. The van der Waals surface area contributed by atoms with Gasteiger partial charge in [0.15, 0.2) is 0 Å². The van der Waals surface area contributed by atoms with Crippen molar-refractivity contribution in [2.75, 3.05) is 0 Å². The number of alkyl halides is 3. The first-order valence-corrected chi connectivity index (χ1v) is 8.41. The van der Waals surface area contributed by atoms with Crippen molar-refractivity contribution in [2.45, 2.75) is 19.9 Å². The molecule has 3 heteroatoms. The Balaban J connectivity index is 1.91. The summed E-state index contributed by atoms with van der Waals surface area (Å²) in [5, 5.41) is 0. The Bertz CT molecular complexity index is 520. The lowest BCUT2D eigenvalue weighted by molar-refractivity contribution is 0.130. The second-order valence-electron chi connectivity index (χ2n) is 5.24. The highest BCUT2D eigenvalue weighted by molar-refractivity contribution is 9.26. The average Bonchev–Trinajstić information content (AvgIpc) is 2.38. The van der Waals surface area contributed by atoms with Crippen molar-refractivity contribution in [3.8, 4) is 0 Å². The Kier molecular flexibility index (Phi) is 2.31. The summed E-state index contributed by atoms with van der Waals surface area (Å²) in [6.45, 7) is 0. The van der Waals surface area contributed by atoms with Crippen LogP contribution < -0.4 is 0 Å². The van der Waals surface area contributed by atoms with Gasteiger partial charge in [0.05, 0.1) is 3.23 Å². The first kappa shape index (κ1) is 11.2. The van der Waals surface area contributed by atoms with Gasteiger partial charge in [0, 0.05) is 22.6 Å². The minimum absolute atomic E-state index is 0.0614. The molecule has 1 saturated carbocycles. The molecule has 0 amide bonds. The number of benzene rings is 1. The summed E-state index contributed by atoms with van der Waals surface area (Å²) in [5.41, 5.74) is 3.07. The summed E-state index contributed by atoms with van der Waals surface area (Å²) >= 11 is 11.6. The molecule has 1 aromatic carbocycles. The van der Waals surface area contributed by atoms with Gasteiger partial charge in [0.1, 0.15) is 0 Å². The van der Waals surface area contributed by atoms with Gasteiger partial charge in [0.25, 0.3) is 0 Å². The molecule has 2 bridgehead atoms. The molecule has 0 radical (unpaired) electrons. The predicted molar refractivity (Wildman–Crippen MR) is 81.3 cm³/mol. The van der Waals surface area contributed by atoms with Crippen molar-refractivity contribution < 1.29 is 0 Å². The summed E-state index contributed by atoms with van der Waals surface area (Å²) in [6.07, 6.45) is 4.82. The van der Waals surface area contributed by atoms with Crippen LogP contribution in [0.2, 0.25) is 0 Å². The largest absolute Gasteiger partial charge is 0.0972 e. The van der Waals surface area contributed by atoms with E-state index in [2.05, 4.69) is 84.2 Å². The van der Waals surface area contributed by atoms with Gasteiger partial charge in [-0.2, -0.15) is 0 Å². The van der Waals surface area contributed by atoms with Crippen molar-refractivity contribution in [2.24, 2.45) is 11.8 Å². The molecule has 0 nitrogen and oxygen atoms in total. The van der Waals surface area contributed by atoms with Crippen LogP contribution in [0.4, 0.5) is 0 Å². The number of hydrogen-bond donors (Lipinski definition) is 0. The highest BCUT2D eigenvalue weighted by atomic mass is 79.9. The zero-order valence-electron chi connectivity index (χ0n) is 8.98. The molecule has 0 aliphatic heterocycles. The molecule has 4 aliphatic carbocycles. The van der Waals surface area contributed by atoms with E-state index in [0.29, 0.717) is 22.6 Å². The van der Waals surface area contributed by atoms with E-state index in [0.717, 1.165) is 5.92 Å². The quantitative estimate of drug-likeness (QED) is 0.414. The van der Waals surface area contributed by atoms with Crippen molar-refractivity contribution in [3.05, 3.63) is 47.5 Å². The molecular formula is C14H11Br3. The Morgan fingerprint density at radius 1 is 0.941 bits per heavy atom. The molecule has 5 atom stereocenters. The molecular weight excluding hydrogens is 408 g/mol.